The monoisotopic (exact) mass is 398 g/mol. The molecule has 0 aromatic carbocycles. The van der Waals surface area contributed by atoms with Gasteiger partial charge in [0, 0.05) is 0 Å². The molecule has 0 bridgehead atoms. The maximum Gasteiger partial charge on any atom is 0.431 e. The molecule has 1 aromatic rings. The van der Waals surface area contributed by atoms with Crippen molar-refractivity contribution < 1.29 is 38.1 Å². The van der Waals surface area contributed by atoms with Crippen molar-refractivity contribution in [1.82, 2.24) is 19.8 Å². The number of carbonyl (C=O) groups excluding carboxylic acids is 4. The zero-order valence-corrected chi connectivity index (χ0v) is 16.3. The summed E-state index contributed by atoms with van der Waals surface area (Å²) >= 11 is 0. The first kappa shape index (κ1) is 21.0. The van der Waals surface area contributed by atoms with Crippen LogP contribution in [0.4, 0.5) is 9.59 Å². The third-order valence-electron chi connectivity index (χ3n) is 3.98. The lowest BCUT2D eigenvalue weighted by Crippen LogP contribution is -2.55. The highest BCUT2D eigenvalue weighted by Gasteiger charge is 2.43. The third kappa shape index (κ3) is 3.57. The molecule has 1 aliphatic rings. The molecule has 0 saturated heterocycles. The normalized spacial score (nSPS) is 15.5. The lowest BCUT2D eigenvalue weighted by atomic mass is 10.1. The van der Waals surface area contributed by atoms with Gasteiger partial charge in [0.15, 0.2) is 5.69 Å². The average Bonchev–Trinajstić information content (AvgIpc) is 3.06. The number of hydrogen-bond donors (Lipinski definition) is 0. The number of hydrazine groups is 1. The molecule has 2 heterocycles. The van der Waals surface area contributed by atoms with E-state index in [4.69, 9.17) is 14.2 Å². The second-order valence-corrected chi connectivity index (χ2v) is 5.53. The Morgan fingerprint density at radius 1 is 1.00 bits per heavy atom. The lowest BCUT2D eigenvalue weighted by molar-refractivity contribution is -0.0821. The fourth-order valence-electron chi connectivity index (χ4n) is 2.80. The summed E-state index contributed by atoms with van der Waals surface area (Å²) in [4.78, 5) is 49.3. The molecule has 154 valence electrons. The van der Waals surface area contributed by atoms with Crippen LogP contribution in [0, 0.1) is 0 Å². The summed E-state index contributed by atoms with van der Waals surface area (Å²) in [5.74, 6) is -1.69. The molecule has 0 aliphatic carbocycles. The van der Waals surface area contributed by atoms with Crippen molar-refractivity contribution in [3.05, 3.63) is 17.0 Å². The number of aromatic nitrogens is 2. The van der Waals surface area contributed by atoms with Crippen LogP contribution in [-0.2, 0) is 25.5 Å². The Labute approximate surface area is 160 Å². The minimum Gasteiger partial charge on any atom is -0.465 e. The van der Waals surface area contributed by atoms with Gasteiger partial charge in [-0.05, 0) is 20.8 Å². The first-order valence-electron chi connectivity index (χ1n) is 8.50. The molecule has 1 atom stereocenters. The number of esters is 2. The van der Waals surface area contributed by atoms with Crippen LogP contribution in [-0.4, -0.2) is 71.4 Å². The van der Waals surface area contributed by atoms with E-state index in [9.17, 15) is 19.2 Å². The molecule has 1 aromatic heterocycles. The van der Waals surface area contributed by atoms with Crippen LogP contribution in [0.2, 0.25) is 0 Å². The molecule has 0 N–H and O–H groups in total. The van der Waals surface area contributed by atoms with Crippen LogP contribution in [0.1, 0.15) is 53.5 Å². The van der Waals surface area contributed by atoms with E-state index in [1.165, 1.54) is 4.68 Å². The number of fused-ring (bicyclic) bond motifs is 1. The lowest BCUT2D eigenvalue weighted by Gasteiger charge is -2.41. The molecule has 0 radical (unpaired) electrons. The largest absolute Gasteiger partial charge is 0.465 e. The van der Waals surface area contributed by atoms with Crippen molar-refractivity contribution in [2.75, 3.05) is 27.4 Å². The molecule has 1 aliphatic heterocycles. The van der Waals surface area contributed by atoms with Gasteiger partial charge in [-0.2, -0.15) is 10.1 Å². The van der Waals surface area contributed by atoms with E-state index in [-0.39, 0.29) is 36.7 Å². The van der Waals surface area contributed by atoms with Crippen LogP contribution in [0.25, 0.3) is 0 Å². The minimum absolute atomic E-state index is 0.0664. The van der Waals surface area contributed by atoms with Crippen LogP contribution in [0.3, 0.4) is 0 Å². The van der Waals surface area contributed by atoms with Crippen molar-refractivity contribution in [3.8, 4) is 0 Å². The van der Waals surface area contributed by atoms with Crippen molar-refractivity contribution >= 4 is 24.1 Å². The van der Waals surface area contributed by atoms with Crippen molar-refractivity contribution in [2.45, 2.75) is 33.5 Å². The smallest absolute Gasteiger partial charge is 0.431 e. The third-order valence-corrected chi connectivity index (χ3v) is 3.98. The number of hydrogen-bond acceptors (Lipinski definition) is 9. The van der Waals surface area contributed by atoms with Gasteiger partial charge in [-0.1, -0.05) is 0 Å². The summed E-state index contributed by atoms with van der Waals surface area (Å²) < 4.78 is 20.7. The highest BCUT2D eigenvalue weighted by molar-refractivity contribution is 6.02. The molecule has 12 heteroatoms. The predicted octanol–water partition coefficient (Wildman–Crippen LogP) is 1.32. The van der Waals surface area contributed by atoms with Gasteiger partial charge in [-0.25, -0.2) is 28.9 Å². The van der Waals surface area contributed by atoms with Gasteiger partial charge in [0.1, 0.15) is 11.7 Å². The molecule has 2 rings (SSSR count). The van der Waals surface area contributed by atoms with Crippen LogP contribution in [0.5, 0.6) is 0 Å². The number of ether oxygens (including phenoxy) is 4. The second kappa shape index (κ2) is 8.59. The van der Waals surface area contributed by atoms with E-state index in [0.29, 0.717) is 0 Å². The SMILES string of the molecule is CCOC(=O)N1Cc2c(C(=O)OC)c(C(=O)OC)nn2C(C)N1C(=O)OCC. The van der Waals surface area contributed by atoms with Crippen molar-refractivity contribution in [2.24, 2.45) is 0 Å². The quantitative estimate of drug-likeness (QED) is 0.544. The Kier molecular flexibility index (Phi) is 6.44. The summed E-state index contributed by atoms with van der Waals surface area (Å²) in [7, 11) is 2.29. The fraction of sp³-hybridized carbons (Fsp3) is 0.562. The first-order valence-corrected chi connectivity index (χ1v) is 8.50. The Morgan fingerprint density at radius 2 is 1.57 bits per heavy atom. The molecule has 0 saturated carbocycles. The molecular weight excluding hydrogens is 376 g/mol. The predicted molar refractivity (Wildman–Crippen MR) is 91.0 cm³/mol. The van der Waals surface area contributed by atoms with Gasteiger partial charge >= 0.3 is 24.1 Å². The average molecular weight is 398 g/mol. The number of methoxy groups -OCH3 is 2. The fourth-order valence-corrected chi connectivity index (χ4v) is 2.80. The van der Waals surface area contributed by atoms with Gasteiger partial charge in [0.25, 0.3) is 0 Å². The van der Waals surface area contributed by atoms with Gasteiger partial charge in [0.05, 0.1) is 39.7 Å². The van der Waals surface area contributed by atoms with E-state index in [1.54, 1.807) is 20.8 Å². The van der Waals surface area contributed by atoms with Crippen molar-refractivity contribution in [1.29, 1.82) is 0 Å². The molecular formula is C16H22N4O8. The van der Waals surface area contributed by atoms with E-state index >= 15 is 0 Å². The van der Waals surface area contributed by atoms with E-state index in [2.05, 4.69) is 9.84 Å². The second-order valence-electron chi connectivity index (χ2n) is 5.53. The van der Waals surface area contributed by atoms with Crippen LogP contribution in [0.15, 0.2) is 0 Å². The Bertz CT molecular complexity index is 790. The van der Waals surface area contributed by atoms with E-state index in [1.807, 2.05) is 0 Å². The zero-order valence-electron chi connectivity index (χ0n) is 16.3. The number of amides is 2. The van der Waals surface area contributed by atoms with E-state index < -0.39 is 30.3 Å². The summed E-state index contributed by atoms with van der Waals surface area (Å²) in [6.45, 7) is 4.63. The van der Waals surface area contributed by atoms with Crippen LogP contribution >= 0.6 is 0 Å². The molecule has 12 nitrogen and oxygen atoms in total. The summed E-state index contributed by atoms with van der Waals surface area (Å²) in [6.07, 6.45) is -2.55. The maximum atomic E-state index is 12.4. The molecule has 1 unspecified atom stereocenters. The van der Waals surface area contributed by atoms with E-state index in [0.717, 1.165) is 24.2 Å². The van der Waals surface area contributed by atoms with Gasteiger partial charge in [-0.15, -0.1) is 0 Å². The van der Waals surface area contributed by atoms with Gasteiger partial charge in [-0.3, -0.25) is 0 Å². The molecule has 0 spiro atoms. The standard InChI is InChI=1S/C16H22N4O8/c1-6-27-15(23)18-8-10-11(13(21)25-4)12(14(22)26-5)17-19(10)9(3)20(18)16(24)28-7-2/h9H,6-8H2,1-5H3. The highest BCUT2D eigenvalue weighted by atomic mass is 16.6. The Hall–Kier alpha value is -3.31. The van der Waals surface area contributed by atoms with Gasteiger partial charge < -0.3 is 18.9 Å². The number of carbonyl (C=O) groups is 4. The summed E-state index contributed by atoms with van der Waals surface area (Å²) in [6, 6.07) is 0. The molecule has 28 heavy (non-hydrogen) atoms. The summed E-state index contributed by atoms with van der Waals surface area (Å²) in [5.41, 5.74) is -0.252. The zero-order chi connectivity index (χ0) is 21.0. The first-order chi connectivity index (χ1) is 13.3. The van der Waals surface area contributed by atoms with Gasteiger partial charge in [0.2, 0.25) is 0 Å². The number of rotatable bonds is 4. The topological polar surface area (TPSA) is 130 Å². The summed E-state index contributed by atoms with van der Waals surface area (Å²) in [5, 5.41) is 6.10. The molecule has 0 fully saturated rings. The Balaban J connectivity index is 2.64. The minimum atomic E-state index is -0.908. The number of nitrogens with zero attached hydrogens (tertiary/aromatic N) is 4. The maximum absolute atomic E-state index is 12.4. The Morgan fingerprint density at radius 3 is 2.11 bits per heavy atom. The molecule has 2 amide bonds. The van der Waals surface area contributed by atoms with Crippen molar-refractivity contribution in [3.63, 3.8) is 0 Å². The highest BCUT2D eigenvalue weighted by Crippen LogP contribution is 2.31. The van der Waals surface area contributed by atoms with Crippen LogP contribution < -0.4 is 0 Å².